The summed E-state index contributed by atoms with van der Waals surface area (Å²) in [4.78, 5) is 15.7. The number of thiophene rings is 2. The van der Waals surface area contributed by atoms with E-state index >= 15 is 0 Å². The van der Waals surface area contributed by atoms with Crippen LogP contribution in [0.2, 0.25) is 5.02 Å². The van der Waals surface area contributed by atoms with Crippen LogP contribution in [0.25, 0.3) is 21.1 Å². The summed E-state index contributed by atoms with van der Waals surface area (Å²) in [5.74, 6) is 0.855. The molecule has 1 aliphatic rings. The number of aromatic nitrogens is 2. The molecule has 0 saturated heterocycles. The third-order valence-electron chi connectivity index (χ3n) is 4.92. The van der Waals surface area contributed by atoms with Gasteiger partial charge in [-0.3, -0.25) is 4.90 Å². The molecule has 28 heavy (non-hydrogen) atoms. The van der Waals surface area contributed by atoms with Gasteiger partial charge in [-0.1, -0.05) is 29.8 Å². The van der Waals surface area contributed by atoms with E-state index in [9.17, 15) is 0 Å². The lowest BCUT2D eigenvalue weighted by molar-refractivity contribution is 0.245. The molecular weight excluding hydrogens is 406 g/mol. The number of benzene rings is 1. The minimum atomic E-state index is 0.775. The Kier molecular flexibility index (Phi) is 4.99. The van der Waals surface area contributed by atoms with Crippen molar-refractivity contribution >= 4 is 34.3 Å². The van der Waals surface area contributed by atoms with Crippen molar-refractivity contribution in [2.24, 2.45) is 0 Å². The number of hydrogen-bond acceptors (Lipinski definition) is 5. The van der Waals surface area contributed by atoms with Gasteiger partial charge in [0.15, 0.2) is 5.82 Å². The maximum Gasteiger partial charge on any atom is 0.169 e. The molecule has 140 valence electrons. The summed E-state index contributed by atoms with van der Waals surface area (Å²) in [6.45, 7) is 2.90. The third-order valence-corrected chi connectivity index (χ3v) is 7.16. The van der Waals surface area contributed by atoms with Crippen molar-refractivity contribution in [1.82, 2.24) is 14.9 Å². The second kappa shape index (κ2) is 7.76. The van der Waals surface area contributed by atoms with Crippen LogP contribution >= 0.6 is 34.3 Å². The van der Waals surface area contributed by atoms with Gasteiger partial charge < -0.3 is 0 Å². The van der Waals surface area contributed by atoms with Crippen molar-refractivity contribution in [3.8, 4) is 21.1 Å². The fraction of sp³-hybridized carbons (Fsp3) is 0.182. The van der Waals surface area contributed by atoms with E-state index in [4.69, 9.17) is 16.6 Å². The first-order chi connectivity index (χ1) is 13.7. The van der Waals surface area contributed by atoms with Crippen LogP contribution in [-0.4, -0.2) is 21.4 Å². The largest absolute Gasteiger partial charge is 0.293 e. The van der Waals surface area contributed by atoms with Gasteiger partial charge in [0.1, 0.15) is 0 Å². The standard InChI is InChI=1S/C22H18ClN3S2/c23-17-5-3-15(4-6-17)20-8-7-18(28-20)14-26-10-9-19-16(13-26)12-24-22(25-19)21-2-1-11-27-21/h1-8,11-12H,9-10,13-14H2. The van der Waals surface area contributed by atoms with Crippen LogP contribution < -0.4 is 0 Å². The highest BCUT2D eigenvalue weighted by molar-refractivity contribution is 7.15. The van der Waals surface area contributed by atoms with Gasteiger partial charge >= 0.3 is 0 Å². The van der Waals surface area contributed by atoms with E-state index in [1.165, 1.54) is 26.6 Å². The first kappa shape index (κ1) is 18.0. The molecule has 0 N–H and O–H groups in total. The maximum absolute atomic E-state index is 6.00. The predicted molar refractivity (Wildman–Crippen MR) is 118 cm³/mol. The average Bonchev–Trinajstić information content (AvgIpc) is 3.41. The van der Waals surface area contributed by atoms with E-state index in [-0.39, 0.29) is 0 Å². The summed E-state index contributed by atoms with van der Waals surface area (Å²) >= 11 is 9.54. The van der Waals surface area contributed by atoms with Gasteiger partial charge in [0, 0.05) is 52.6 Å². The van der Waals surface area contributed by atoms with Crippen LogP contribution in [0.3, 0.4) is 0 Å². The Hall–Kier alpha value is -2.05. The summed E-state index contributed by atoms with van der Waals surface area (Å²) in [6, 6.07) is 16.6. The zero-order valence-electron chi connectivity index (χ0n) is 15.1. The lowest BCUT2D eigenvalue weighted by atomic mass is 10.1. The number of nitrogens with zero attached hydrogens (tertiary/aromatic N) is 3. The zero-order chi connectivity index (χ0) is 18.9. The molecule has 3 nitrogen and oxygen atoms in total. The van der Waals surface area contributed by atoms with Crippen LogP contribution in [0.1, 0.15) is 16.1 Å². The van der Waals surface area contributed by atoms with Crippen molar-refractivity contribution in [3.63, 3.8) is 0 Å². The predicted octanol–water partition coefficient (Wildman–Crippen LogP) is 6.15. The summed E-state index contributed by atoms with van der Waals surface area (Å²) in [5, 5.41) is 2.84. The Morgan fingerprint density at radius 1 is 1.04 bits per heavy atom. The van der Waals surface area contributed by atoms with E-state index in [0.29, 0.717) is 0 Å². The van der Waals surface area contributed by atoms with E-state index < -0.39 is 0 Å². The van der Waals surface area contributed by atoms with Gasteiger partial charge in [0.2, 0.25) is 0 Å². The Morgan fingerprint density at radius 3 is 2.75 bits per heavy atom. The Labute approximate surface area is 177 Å². The highest BCUT2D eigenvalue weighted by atomic mass is 35.5. The van der Waals surface area contributed by atoms with Crippen LogP contribution in [0.5, 0.6) is 0 Å². The molecule has 0 atom stereocenters. The molecule has 4 aromatic rings. The van der Waals surface area contributed by atoms with E-state index in [0.717, 1.165) is 41.8 Å². The molecule has 0 radical (unpaired) electrons. The summed E-state index contributed by atoms with van der Waals surface area (Å²) in [7, 11) is 0. The van der Waals surface area contributed by atoms with Crippen molar-refractivity contribution in [3.05, 3.63) is 81.3 Å². The van der Waals surface area contributed by atoms with Crippen LogP contribution in [0, 0.1) is 0 Å². The first-order valence-electron chi connectivity index (χ1n) is 9.20. The number of halogens is 1. The lowest BCUT2D eigenvalue weighted by Crippen LogP contribution is -2.30. The van der Waals surface area contributed by atoms with E-state index in [1.807, 2.05) is 35.7 Å². The zero-order valence-corrected chi connectivity index (χ0v) is 17.5. The minimum absolute atomic E-state index is 0.775. The smallest absolute Gasteiger partial charge is 0.169 e. The fourth-order valence-corrected chi connectivity index (χ4v) is 5.33. The number of rotatable bonds is 4. The second-order valence-corrected chi connectivity index (χ2v) is 9.43. The van der Waals surface area contributed by atoms with Crippen molar-refractivity contribution < 1.29 is 0 Å². The Balaban J connectivity index is 1.29. The van der Waals surface area contributed by atoms with Gasteiger partial charge in [0.25, 0.3) is 0 Å². The van der Waals surface area contributed by atoms with Gasteiger partial charge in [-0.05, 0) is 41.3 Å². The van der Waals surface area contributed by atoms with Crippen LogP contribution in [0.4, 0.5) is 0 Å². The van der Waals surface area contributed by atoms with E-state index in [2.05, 4.69) is 45.6 Å². The fourth-order valence-electron chi connectivity index (χ4n) is 3.49. The van der Waals surface area contributed by atoms with Crippen molar-refractivity contribution in [2.45, 2.75) is 19.5 Å². The van der Waals surface area contributed by atoms with E-state index in [1.54, 1.807) is 11.3 Å². The topological polar surface area (TPSA) is 29.0 Å². The lowest BCUT2D eigenvalue weighted by Gasteiger charge is -2.27. The molecule has 5 rings (SSSR count). The SMILES string of the molecule is Clc1ccc(-c2ccc(CN3CCc4nc(-c5cccs5)ncc4C3)s2)cc1. The summed E-state index contributed by atoms with van der Waals surface area (Å²) < 4.78 is 0. The molecule has 0 bridgehead atoms. The Morgan fingerprint density at radius 2 is 1.93 bits per heavy atom. The van der Waals surface area contributed by atoms with Gasteiger partial charge in [-0.25, -0.2) is 9.97 Å². The Bertz CT molecular complexity index is 1090. The third kappa shape index (κ3) is 3.76. The minimum Gasteiger partial charge on any atom is -0.293 e. The van der Waals surface area contributed by atoms with Gasteiger partial charge in [-0.15, -0.1) is 22.7 Å². The van der Waals surface area contributed by atoms with Gasteiger partial charge in [-0.2, -0.15) is 0 Å². The highest BCUT2D eigenvalue weighted by Crippen LogP contribution is 2.31. The maximum atomic E-state index is 6.00. The summed E-state index contributed by atoms with van der Waals surface area (Å²) in [6.07, 6.45) is 2.99. The average molecular weight is 424 g/mol. The second-order valence-electron chi connectivity index (χ2n) is 6.88. The molecular formula is C22H18ClN3S2. The molecule has 0 saturated carbocycles. The quantitative estimate of drug-likeness (QED) is 0.394. The highest BCUT2D eigenvalue weighted by Gasteiger charge is 2.19. The molecule has 0 aliphatic carbocycles. The van der Waals surface area contributed by atoms with Crippen LogP contribution in [-0.2, 0) is 19.5 Å². The molecule has 0 amide bonds. The molecule has 6 heteroatoms. The summed E-state index contributed by atoms with van der Waals surface area (Å²) in [5.41, 5.74) is 3.67. The molecule has 4 heterocycles. The van der Waals surface area contributed by atoms with Crippen molar-refractivity contribution in [2.75, 3.05) is 6.54 Å². The van der Waals surface area contributed by atoms with Gasteiger partial charge in [0.05, 0.1) is 10.6 Å². The van der Waals surface area contributed by atoms with Crippen molar-refractivity contribution in [1.29, 1.82) is 0 Å². The first-order valence-corrected chi connectivity index (χ1v) is 11.3. The molecule has 0 spiro atoms. The molecule has 3 aromatic heterocycles. The molecule has 0 unspecified atom stereocenters. The monoisotopic (exact) mass is 423 g/mol. The molecule has 1 aromatic carbocycles. The number of fused-ring (bicyclic) bond motifs is 1. The molecule has 1 aliphatic heterocycles. The van der Waals surface area contributed by atoms with Crippen LogP contribution in [0.15, 0.2) is 60.1 Å². The number of hydrogen-bond donors (Lipinski definition) is 0. The molecule has 0 fully saturated rings. The normalized spacial score (nSPS) is 14.2.